The van der Waals surface area contributed by atoms with Crippen LogP contribution < -0.4 is 10.6 Å². The van der Waals surface area contributed by atoms with Crippen LogP contribution in [0.5, 0.6) is 0 Å². The smallest absolute Gasteiger partial charge is 0.315 e. The number of likely N-dealkylation sites (N-methyl/N-ethyl adjacent to an activating group) is 1. The van der Waals surface area contributed by atoms with E-state index < -0.39 is 23.6 Å². The quantitative estimate of drug-likeness (QED) is 0.703. The second-order valence-corrected chi connectivity index (χ2v) is 5.96. The maximum atomic E-state index is 12.0. The molecule has 0 radical (unpaired) electrons. The molecule has 3 amide bonds. The molecule has 21 heavy (non-hydrogen) atoms. The van der Waals surface area contributed by atoms with Crippen molar-refractivity contribution in [2.24, 2.45) is 0 Å². The van der Waals surface area contributed by atoms with E-state index in [0.717, 1.165) is 19.3 Å². The first-order valence-corrected chi connectivity index (χ1v) is 7.27. The highest BCUT2D eigenvalue weighted by Crippen LogP contribution is 2.31. The molecule has 7 nitrogen and oxygen atoms in total. The Hall–Kier alpha value is -1.79. The highest BCUT2D eigenvalue weighted by atomic mass is 16.4. The molecule has 0 aliphatic heterocycles. The van der Waals surface area contributed by atoms with Gasteiger partial charge in [0.15, 0.2) is 0 Å². The Bertz CT molecular complexity index is 403. The predicted molar refractivity (Wildman–Crippen MR) is 77.9 cm³/mol. The van der Waals surface area contributed by atoms with Gasteiger partial charge in [-0.25, -0.2) is 4.79 Å². The molecule has 0 aromatic rings. The van der Waals surface area contributed by atoms with Crippen molar-refractivity contribution in [2.45, 2.75) is 57.0 Å². The number of carbonyl (C=O) groups is 3. The maximum absolute atomic E-state index is 12.0. The van der Waals surface area contributed by atoms with E-state index in [4.69, 9.17) is 5.11 Å². The zero-order chi connectivity index (χ0) is 16.0. The molecule has 7 heteroatoms. The van der Waals surface area contributed by atoms with Crippen molar-refractivity contribution in [3.05, 3.63) is 0 Å². The van der Waals surface area contributed by atoms with Gasteiger partial charge < -0.3 is 20.6 Å². The normalized spacial score (nSPS) is 18.4. The van der Waals surface area contributed by atoms with Crippen molar-refractivity contribution in [2.75, 3.05) is 14.1 Å². The molecular weight excluding hydrogens is 274 g/mol. The third-order valence-corrected chi connectivity index (χ3v) is 3.84. The minimum absolute atomic E-state index is 0.0869. The number of carboxylic acid groups (broad SMARTS) is 1. The lowest BCUT2D eigenvalue weighted by Gasteiger charge is -2.37. The van der Waals surface area contributed by atoms with E-state index in [9.17, 15) is 14.4 Å². The van der Waals surface area contributed by atoms with Crippen molar-refractivity contribution >= 4 is 17.9 Å². The van der Waals surface area contributed by atoms with Gasteiger partial charge in [-0.15, -0.1) is 0 Å². The number of amides is 3. The topological polar surface area (TPSA) is 98.7 Å². The molecule has 0 aromatic heterocycles. The molecule has 3 N–H and O–H groups in total. The Morgan fingerprint density at radius 2 is 1.76 bits per heavy atom. The van der Waals surface area contributed by atoms with Gasteiger partial charge in [0.2, 0.25) is 5.91 Å². The summed E-state index contributed by atoms with van der Waals surface area (Å²) in [5, 5.41) is 14.4. The summed E-state index contributed by atoms with van der Waals surface area (Å²) >= 11 is 0. The Morgan fingerprint density at radius 1 is 1.19 bits per heavy atom. The van der Waals surface area contributed by atoms with E-state index in [1.807, 2.05) is 0 Å². The molecule has 1 rings (SSSR count). The maximum Gasteiger partial charge on any atom is 0.315 e. The number of hydrogen-bond acceptors (Lipinski definition) is 3. The molecule has 1 unspecified atom stereocenters. The van der Waals surface area contributed by atoms with Gasteiger partial charge in [0.1, 0.15) is 6.04 Å². The molecule has 0 bridgehead atoms. The van der Waals surface area contributed by atoms with E-state index >= 15 is 0 Å². The number of aliphatic carboxylic acids is 1. The van der Waals surface area contributed by atoms with Crippen LogP contribution in [-0.4, -0.2) is 53.6 Å². The minimum atomic E-state index is -0.922. The zero-order valence-corrected chi connectivity index (χ0v) is 12.9. The van der Waals surface area contributed by atoms with Gasteiger partial charge in [0, 0.05) is 14.1 Å². The van der Waals surface area contributed by atoms with Crippen LogP contribution in [0.25, 0.3) is 0 Å². The molecule has 1 saturated carbocycles. The predicted octanol–water partition coefficient (Wildman–Crippen LogP) is 0.940. The SMILES string of the molecule is CC(NC(=O)NC1(CC(=O)O)CCCCC1)C(=O)N(C)C. The summed E-state index contributed by atoms with van der Waals surface area (Å²) in [7, 11) is 3.23. The summed E-state index contributed by atoms with van der Waals surface area (Å²) in [6.45, 7) is 1.60. The summed E-state index contributed by atoms with van der Waals surface area (Å²) in [6.07, 6.45) is 4.08. The molecule has 1 aliphatic rings. The van der Waals surface area contributed by atoms with Gasteiger partial charge in [0.25, 0.3) is 0 Å². The van der Waals surface area contributed by atoms with Gasteiger partial charge >= 0.3 is 12.0 Å². The van der Waals surface area contributed by atoms with E-state index in [0.29, 0.717) is 12.8 Å². The van der Waals surface area contributed by atoms with E-state index in [-0.39, 0.29) is 12.3 Å². The molecule has 120 valence electrons. The minimum Gasteiger partial charge on any atom is -0.481 e. The highest BCUT2D eigenvalue weighted by molar-refractivity contribution is 5.86. The van der Waals surface area contributed by atoms with Crippen LogP contribution in [-0.2, 0) is 9.59 Å². The van der Waals surface area contributed by atoms with Crippen molar-refractivity contribution in [1.82, 2.24) is 15.5 Å². The molecule has 1 aliphatic carbocycles. The van der Waals surface area contributed by atoms with E-state index in [1.165, 1.54) is 4.90 Å². The lowest BCUT2D eigenvalue weighted by Crippen LogP contribution is -2.57. The number of carbonyl (C=O) groups excluding carboxylic acids is 2. The lowest BCUT2D eigenvalue weighted by molar-refractivity contribution is -0.139. The van der Waals surface area contributed by atoms with Crippen LogP contribution in [0.2, 0.25) is 0 Å². The Balaban J connectivity index is 2.64. The highest BCUT2D eigenvalue weighted by Gasteiger charge is 2.36. The number of urea groups is 1. The van der Waals surface area contributed by atoms with Crippen molar-refractivity contribution in [3.8, 4) is 0 Å². The molecular formula is C14H25N3O4. The van der Waals surface area contributed by atoms with Gasteiger partial charge in [-0.3, -0.25) is 9.59 Å². The zero-order valence-electron chi connectivity index (χ0n) is 12.9. The summed E-state index contributed by atoms with van der Waals surface area (Å²) in [6, 6.07) is -1.13. The van der Waals surface area contributed by atoms with Crippen LogP contribution in [0.3, 0.4) is 0 Å². The molecule has 0 spiro atoms. The van der Waals surface area contributed by atoms with Crippen LogP contribution in [0.15, 0.2) is 0 Å². The fraction of sp³-hybridized carbons (Fsp3) is 0.786. The Kier molecular flexibility index (Phi) is 5.99. The van der Waals surface area contributed by atoms with Crippen molar-refractivity contribution in [1.29, 1.82) is 0 Å². The largest absolute Gasteiger partial charge is 0.481 e. The standard InChI is InChI=1S/C14H25N3O4/c1-10(12(20)17(2)3)15-13(21)16-14(9-11(18)19)7-5-4-6-8-14/h10H,4-9H2,1-3H3,(H,18,19)(H2,15,16,21). The Morgan fingerprint density at radius 3 is 2.24 bits per heavy atom. The van der Waals surface area contributed by atoms with Crippen LogP contribution in [0.4, 0.5) is 4.79 Å². The summed E-state index contributed by atoms with van der Waals surface area (Å²) < 4.78 is 0. The first-order valence-electron chi connectivity index (χ1n) is 7.27. The van der Waals surface area contributed by atoms with Crippen LogP contribution in [0.1, 0.15) is 45.4 Å². The molecule has 0 saturated heterocycles. The summed E-state index contributed by atoms with van der Waals surface area (Å²) in [5.74, 6) is -1.13. The first kappa shape index (κ1) is 17.3. The van der Waals surface area contributed by atoms with Crippen molar-refractivity contribution < 1.29 is 19.5 Å². The average Bonchev–Trinajstić information content (AvgIpc) is 2.37. The van der Waals surface area contributed by atoms with Crippen LogP contribution >= 0.6 is 0 Å². The number of nitrogens with zero attached hydrogens (tertiary/aromatic N) is 1. The van der Waals surface area contributed by atoms with Gasteiger partial charge in [0.05, 0.1) is 12.0 Å². The van der Waals surface area contributed by atoms with Crippen LogP contribution in [0, 0.1) is 0 Å². The van der Waals surface area contributed by atoms with E-state index in [1.54, 1.807) is 21.0 Å². The fourth-order valence-corrected chi connectivity index (χ4v) is 2.79. The lowest BCUT2D eigenvalue weighted by atomic mass is 9.79. The molecule has 0 heterocycles. The Labute approximate surface area is 125 Å². The third kappa shape index (κ3) is 5.24. The molecule has 0 aromatic carbocycles. The van der Waals surface area contributed by atoms with Crippen molar-refractivity contribution in [3.63, 3.8) is 0 Å². The summed E-state index contributed by atoms with van der Waals surface area (Å²) in [5.41, 5.74) is -0.699. The number of rotatable bonds is 5. The average molecular weight is 299 g/mol. The van der Waals surface area contributed by atoms with E-state index in [2.05, 4.69) is 10.6 Å². The third-order valence-electron chi connectivity index (χ3n) is 3.84. The number of carboxylic acids is 1. The van der Waals surface area contributed by atoms with Gasteiger partial charge in [-0.1, -0.05) is 19.3 Å². The fourth-order valence-electron chi connectivity index (χ4n) is 2.79. The number of nitrogens with one attached hydrogen (secondary N) is 2. The monoisotopic (exact) mass is 299 g/mol. The number of hydrogen-bond donors (Lipinski definition) is 3. The summed E-state index contributed by atoms with van der Waals surface area (Å²) in [4.78, 5) is 36.2. The molecule has 1 atom stereocenters. The first-order chi connectivity index (χ1) is 9.76. The van der Waals surface area contributed by atoms with Gasteiger partial charge in [-0.2, -0.15) is 0 Å². The van der Waals surface area contributed by atoms with Gasteiger partial charge in [-0.05, 0) is 19.8 Å². The second kappa shape index (κ2) is 7.28. The second-order valence-electron chi connectivity index (χ2n) is 5.96. The molecule has 1 fully saturated rings.